The van der Waals surface area contributed by atoms with Crippen molar-refractivity contribution < 1.29 is 4.79 Å². The fourth-order valence-corrected chi connectivity index (χ4v) is 2.64. The highest BCUT2D eigenvalue weighted by Gasteiger charge is 2.19. The third-order valence-electron chi connectivity index (χ3n) is 3.94. The maximum absolute atomic E-state index is 12.2. The van der Waals surface area contributed by atoms with Crippen LogP contribution in [0.15, 0.2) is 6.20 Å². The number of rotatable bonds is 5. The topological polar surface area (TPSA) is 63.1 Å². The predicted octanol–water partition coefficient (Wildman–Crippen LogP) is 1.15. The summed E-state index contributed by atoms with van der Waals surface area (Å²) in [7, 11) is 0. The molecule has 0 saturated carbocycles. The molecule has 2 rings (SSSR count). The first-order valence-electron chi connectivity index (χ1n) is 7.51. The molecule has 1 N–H and O–H groups in total. The van der Waals surface area contributed by atoms with E-state index in [4.69, 9.17) is 0 Å². The molecule has 1 atom stereocenters. The minimum absolute atomic E-state index is 0.0882. The lowest BCUT2D eigenvalue weighted by molar-refractivity contribution is 0.0911. The van der Waals surface area contributed by atoms with Crippen LogP contribution < -0.4 is 5.32 Å². The van der Waals surface area contributed by atoms with Gasteiger partial charge in [-0.1, -0.05) is 12.1 Å². The largest absolute Gasteiger partial charge is 0.347 e. The third-order valence-corrected chi connectivity index (χ3v) is 3.94. The Hall–Kier alpha value is -1.43. The summed E-state index contributed by atoms with van der Waals surface area (Å²) in [5.74, 6) is 0.746. The van der Waals surface area contributed by atoms with Gasteiger partial charge in [-0.3, -0.25) is 4.79 Å². The number of carbonyl (C=O) groups excluding carboxylic acids is 1. The van der Waals surface area contributed by atoms with E-state index in [9.17, 15) is 4.79 Å². The zero-order valence-corrected chi connectivity index (χ0v) is 12.7. The van der Waals surface area contributed by atoms with Crippen molar-refractivity contribution in [3.63, 3.8) is 0 Å². The molecule has 1 amide bonds. The number of nitrogens with one attached hydrogen (secondary N) is 1. The molecule has 112 valence electrons. The summed E-state index contributed by atoms with van der Waals surface area (Å²) in [6, 6.07) is 0.135. The van der Waals surface area contributed by atoms with E-state index in [1.54, 1.807) is 4.68 Å². The number of hydrogen-bond acceptors (Lipinski definition) is 4. The van der Waals surface area contributed by atoms with Crippen LogP contribution >= 0.6 is 0 Å². The number of carbonyl (C=O) groups is 1. The summed E-state index contributed by atoms with van der Waals surface area (Å²) in [4.78, 5) is 14.6. The Balaban J connectivity index is 1.82. The molecule has 2 heterocycles. The SMILES string of the molecule is CCn1nncc1C(=O)NC(C)CN1CCC(C)CC1. The average Bonchev–Trinajstić information content (AvgIpc) is 2.89. The molecule has 0 radical (unpaired) electrons. The van der Waals surface area contributed by atoms with Crippen LogP contribution in [-0.2, 0) is 6.54 Å². The van der Waals surface area contributed by atoms with E-state index in [-0.39, 0.29) is 11.9 Å². The standard InChI is InChI=1S/C14H25N5O/c1-4-19-13(9-15-17-19)14(20)16-12(3)10-18-7-5-11(2)6-8-18/h9,11-12H,4-8,10H2,1-3H3,(H,16,20). The van der Waals surface area contributed by atoms with E-state index in [1.165, 1.54) is 19.0 Å². The van der Waals surface area contributed by atoms with Gasteiger partial charge in [0.05, 0.1) is 6.20 Å². The second-order valence-corrected chi connectivity index (χ2v) is 5.79. The Morgan fingerprint density at radius 2 is 2.20 bits per heavy atom. The smallest absolute Gasteiger partial charge is 0.271 e. The first-order valence-corrected chi connectivity index (χ1v) is 7.51. The van der Waals surface area contributed by atoms with Crippen LogP contribution in [0.2, 0.25) is 0 Å². The van der Waals surface area contributed by atoms with Crippen LogP contribution in [-0.4, -0.2) is 51.5 Å². The molecule has 1 saturated heterocycles. The first-order chi connectivity index (χ1) is 9.60. The van der Waals surface area contributed by atoms with Crippen LogP contribution in [0.25, 0.3) is 0 Å². The maximum atomic E-state index is 12.2. The van der Waals surface area contributed by atoms with Gasteiger partial charge in [0.25, 0.3) is 5.91 Å². The quantitative estimate of drug-likeness (QED) is 0.878. The molecule has 0 aromatic carbocycles. The molecular weight excluding hydrogens is 254 g/mol. The lowest BCUT2D eigenvalue weighted by Gasteiger charge is -2.32. The predicted molar refractivity (Wildman–Crippen MR) is 77.5 cm³/mol. The molecule has 1 unspecified atom stereocenters. The van der Waals surface area contributed by atoms with Crippen LogP contribution in [0, 0.1) is 5.92 Å². The summed E-state index contributed by atoms with van der Waals surface area (Å²) in [5.41, 5.74) is 0.534. The van der Waals surface area contributed by atoms with E-state index >= 15 is 0 Å². The van der Waals surface area contributed by atoms with Gasteiger partial charge in [0.2, 0.25) is 0 Å². The van der Waals surface area contributed by atoms with Crippen molar-refractivity contribution in [2.24, 2.45) is 5.92 Å². The van der Waals surface area contributed by atoms with Crippen LogP contribution in [0.1, 0.15) is 44.1 Å². The van der Waals surface area contributed by atoms with Gasteiger partial charge in [0.1, 0.15) is 5.69 Å². The van der Waals surface area contributed by atoms with E-state index < -0.39 is 0 Å². The van der Waals surface area contributed by atoms with E-state index in [0.717, 1.165) is 25.6 Å². The van der Waals surface area contributed by atoms with Crippen LogP contribution in [0.4, 0.5) is 0 Å². The molecule has 1 fully saturated rings. The second kappa shape index (κ2) is 6.83. The zero-order valence-electron chi connectivity index (χ0n) is 12.7. The number of piperidine rings is 1. The normalized spacial score (nSPS) is 18.9. The van der Waals surface area contributed by atoms with Crippen molar-refractivity contribution >= 4 is 5.91 Å². The molecule has 0 bridgehead atoms. The molecule has 6 heteroatoms. The van der Waals surface area contributed by atoms with Gasteiger partial charge in [-0.2, -0.15) is 0 Å². The monoisotopic (exact) mass is 279 g/mol. The van der Waals surface area contributed by atoms with Gasteiger partial charge < -0.3 is 10.2 Å². The number of nitrogens with zero attached hydrogens (tertiary/aromatic N) is 4. The van der Waals surface area contributed by atoms with Gasteiger partial charge in [-0.05, 0) is 45.7 Å². The highest BCUT2D eigenvalue weighted by atomic mass is 16.2. The minimum Gasteiger partial charge on any atom is -0.347 e. The maximum Gasteiger partial charge on any atom is 0.271 e. The molecule has 0 aliphatic carbocycles. The summed E-state index contributed by atoms with van der Waals surface area (Å²) in [6.07, 6.45) is 4.04. The van der Waals surface area contributed by atoms with Crippen LogP contribution in [0.3, 0.4) is 0 Å². The van der Waals surface area contributed by atoms with Crippen molar-refractivity contribution in [1.29, 1.82) is 0 Å². The number of hydrogen-bond donors (Lipinski definition) is 1. The molecule has 6 nitrogen and oxygen atoms in total. The fraction of sp³-hybridized carbons (Fsp3) is 0.786. The van der Waals surface area contributed by atoms with Gasteiger partial charge in [-0.25, -0.2) is 4.68 Å². The molecule has 1 aromatic rings. The first kappa shape index (κ1) is 15.0. The van der Waals surface area contributed by atoms with E-state index in [2.05, 4.69) is 34.4 Å². The second-order valence-electron chi connectivity index (χ2n) is 5.79. The van der Waals surface area contributed by atoms with Crippen molar-refractivity contribution in [3.05, 3.63) is 11.9 Å². The summed E-state index contributed by atoms with van der Waals surface area (Å²) in [5, 5.41) is 10.7. The van der Waals surface area contributed by atoms with Crippen LogP contribution in [0.5, 0.6) is 0 Å². The Labute approximate surface area is 120 Å². The van der Waals surface area contributed by atoms with Gasteiger partial charge in [0.15, 0.2) is 0 Å². The molecule has 0 spiro atoms. The van der Waals surface area contributed by atoms with Gasteiger partial charge >= 0.3 is 0 Å². The average molecular weight is 279 g/mol. The Morgan fingerprint density at radius 3 is 2.85 bits per heavy atom. The zero-order chi connectivity index (χ0) is 14.5. The molecule has 1 aliphatic rings. The van der Waals surface area contributed by atoms with Crippen molar-refractivity contribution in [2.75, 3.05) is 19.6 Å². The summed E-state index contributed by atoms with van der Waals surface area (Å²) < 4.78 is 1.62. The lowest BCUT2D eigenvalue weighted by atomic mass is 9.99. The van der Waals surface area contributed by atoms with Crippen molar-refractivity contribution in [1.82, 2.24) is 25.2 Å². The minimum atomic E-state index is -0.0882. The third kappa shape index (κ3) is 3.79. The number of aromatic nitrogens is 3. The van der Waals surface area contributed by atoms with Crippen molar-refractivity contribution in [2.45, 2.75) is 46.2 Å². The van der Waals surface area contributed by atoms with E-state index in [0.29, 0.717) is 12.2 Å². The molecule has 20 heavy (non-hydrogen) atoms. The van der Waals surface area contributed by atoms with Gasteiger partial charge in [0, 0.05) is 19.1 Å². The molecule has 1 aliphatic heterocycles. The summed E-state index contributed by atoms with van der Waals surface area (Å²) >= 11 is 0. The molecule has 1 aromatic heterocycles. The highest BCUT2D eigenvalue weighted by Crippen LogP contribution is 2.15. The van der Waals surface area contributed by atoms with E-state index in [1.807, 2.05) is 6.92 Å². The Morgan fingerprint density at radius 1 is 1.50 bits per heavy atom. The Kier molecular flexibility index (Phi) is 5.11. The number of amides is 1. The number of aryl methyl sites for hydroxylation is 1. The van der Waals surface area contributed by atoms with Crippen molar-refractivity contribution in [3.8, 4) is 0 Å². The number of likely N-dealkylation sites (tertiary alicyclic amines) is 1. The van der Waals surface area contributed by atoms with Gasteiger partial charge in [-0.15, -0.1) is 5.10 Å². The fourth-order valence-electron chi connectivity index (χ4n) is 2.64. The Bertz CT molecular complexity index is 437. The highest BCUT2D eigenvalue weighted by molar-refractivity contribution is 5.92. The summed E-state index contributed by atoms with van der Waals surface area (Å²) in [6.45, 7) is 10.1. The molecular formula is C14H25N5O. The lowest BCUT2D eigenvalue weighted by Crippen LogP contribution is -2.44.